The second-order valence-corrected chi connectivity index (χ2v) is 5.13. The highest BCUT2D eigenvalue weighted by Crippen LogP contribution is 2.28. The van der Waals surface area contributed by atoms with Gasteiger partial charge in [-0.25, -0.2) is 0 Å². The van der Waals surface area contributed by atoms with Crippen molar-refractivity contribution < 1.29 is 0 Å². The van der Waals surface area contributed by atoms with Gasteiger partial charge in [-0.15, -0.1) is 0 Å². The molecule has 0 aliphatic heterocycles. The molecule has 2 rings (SSSR count). The Hall–Kier alpha value is -1.60. The summed E-state index contributed by atoms with van der Waals surface area (Å²) in [4.78, 5) is 0. The third-order valence-corrected chi connectivity index (χ3v) is 3.81. The van der Waals surface area contributed by atoms with E-state index in [0.717, 1.165) is 6.42 Å². The number of aryl methyl sites for hydroxylation is 3. The van der Waals surface area contributed by atoms with Gasteiger partial charge in [-0.1, -0.05) is 49.4 Å². The lowest BCUT2D eigenvalue weighted by atomic mass is 9.90. The molecule has 0 amide bonds. The van der Waals surface area contributed by atoms with Gasteiger partial charge in [-0.05, 0) is 55.1 Å². The molecule has 1 N–H and O–H groups in total. The summed E-state index contributed by atoms with van der Waals surface area (Å²) in [5.74, 6) is 0. The zero-order chi connectivity index (χ0) is 13.8. The van der Waals surface area contributed by atoms with Gasteiger partial charge < -0.3 is 5.32 Å². The Bertz CT molecular complexity index is 537. The van der Waals surface area contributed by atoms with Gasteiger partial charge in [0.25, 0.3) is 0 Å². The Kier molecular flexibility index (Phi) is 4.39. The highest BCUT2D eigenvalue weighted by molar-refractivity contribution is 5.42. The van der Waals surface area contributed by atoms with E-state index in [1.54, 1.807) is 0 Å². The minimum absolute atomic E-state index is 0.271. The van der Waals surface area contributed by atoms with Crippen LogP contribution in [0.3, 0.4) is 0 Å². The number of benzene rings is 2. The molecule has 19 heavy (non-hydrogen) atoms. The fraction of sp³-hybridized carbons (Fsp3) is 0.333. The van der Waals surface area contributed by atoms with Crippen molar-refractivity contribution in [3.8, 4) is 0 Å². The summed E-state index contributed by atoms with van der Waals surface area (Å²) in [5.41, 5.74) is 6.84. The SMILES string of the molecule is CCc1cccc(C(NC)c2c(C)cccc2C)c1. The molecule has 0 bridgehead atoms. The Morgan fingerprint density at radius 3 is 2.21 bits per heavy atom. The molecule has 0 aromatic heterocycles. The highest BCUT2D eigenvalue weighted by Gasteiger charge is 2.16. The standard InChI is InChI=1S/C18H23N/c1-5-15-10-7-11-16(12-15)18(19-4)17-13(2)8-6-9-14(17)3/h6-12,18-19H,5H2,1-4H3. The first-order valence-electron chi connectivity index (χ1n) is 6.99. The van der Waals surface area contributed by atoms with E-state index in [1.807, 2.05) is 7.05 Å². The Morgan fingerprint density at radius 2 is 1.63 bits per heavy atom. The zero-order valence-corrected chi connectivity index (χ0v) is 12.3. The molecule has 0 heterocycles. The van der Waals surface area contributed by atoms with E-state index in [2.05, 4.69) is 68.6 Å². The van der Waals surface area contributed by atoms with E-state index >= 15 is 0 Å². The normalized spacial score (nSPS) is 12.4. The minimum atomic E-state index is 0.271. The molecule has 0 spiro atoms. The fourth-order valence-electron chi connectivity index (χ4n) is 2.75. The van der Waals surface area contributed by atoms with Crippen molar-refractivity contribution in [3.05, 3.63) is 70.3 Å². The second-order valence-electron chi connectivity index (χ2n) is 5.13. The van der Waals surface area contributed by atoms with Gasteiger partial charge in [0.2, 0.25) is 0 Å². The van der Waals surface area contributed by atoms with Crippen LogP contribution in [0.4, 0.5) is 0 Å². The van der Waals surface area contributed by atoms with Crippen LogP contribution in [0.15, 0.2) is 42.5 Å². The van der Waals surface area contributed by atoms with Crippen LogP contribution in [0, 0.1) is 13.8 Å². The lowest BCUT2D eigenvalue weighted by Gasteiger charge is -2.22. The summed E-state index contributed by atoms with van der Waals surface area (Å²) >= 11 is 0. The van der Waals surface area contributed by atoms with Crippen LogP contribution in [0.2, 0.25) is 0 Å². The largest absolute Gasteiger partial charge is 0.309 e. The molecule has 2 aromatic rings. The van der Waals surface area contributed by atoms with Crippen LogP contribution in [0.1, 0.15) is 40.8 Å². The summed E-state index contributed by atoms with van der Waals surface area (Å²) < 4.78 is 0. The van der Waals surface area contributed by atoms with Gasteiger partial charge in [0.05, 0.1) is 6.04 Å². The van der Waals surface area contributed by atoms with E-state index in [0.29, 0.717) is 0 Å². The summed E-state index contributed by atoms with van der Waals surface area (Å²) in [6.45, 7) is 6.58. The maximum atomic E-state index is 3.47. The van der Waals surface area contributed by atoms with Crippen molar-refractivity contribution in [3.63, 3.8) is 0 Å². The molecular formula is C18H23N. The Labute approximate surface area is 116 Å². The van der Waals surface area contributed by atoms with Crippen molar-refractivity contribution in [2.24, 2.45) is 0 Å². The Balaban J connectivity index is 2.50. The van der Waals surface area contributed by atoms with E-state index in [1.165, 1.54) is 27.8 Å². The third kappa shape index (κ3) is 2.87. The molecular weight excluding hydrogens is 230 g/mol. The number of hydrogen-bond donors (Lipinski definition) is 1. The van der Waals surface area contributed by atoms with Crippen LogP contribution >= 0.6 is 0 Å². The van der Waals surface area contributed by atoms with E-state index in [9.17, 15) is 0 Å². The summed E-state index contributed by atoms with van der Waals surface area (Å²) in [5, 5.41) is 3.47. The van der Waals surface area contributed by atoms with Crippen molar-refractivity contribution in [1.82, 2.24) is 5.32 Å². The van der Waals surface area contributed by atoms with Gasteiger partial charge in [0.1, 0.15) is 0 Å². The third-order valence-electron chi connectivity index (χ3n) is 3.81. The van der Waals surface area contributed by atoms with Gasteiger partial charge in [-0.3, -0.25) is 0 Å². The second kappa shape index (κ2) is 6.03. The first-order valence-corrected chi connectivity index (χ1v) is 6.99. The summed E-state index contributed by atoms with van der Waals surface area (Å²) in [6, 6.07) is 15.7. The quantitative estimate of drug-likeness (QED) is 0.862. The van der Waals surface area contributed by atoms with Crippen LogP contribution in [0.5, 0.6) is 0 Å². The molecule has 1 heteroatoms. The van der Waals surface area contributed by atoms with Gasteiger partial charge in [-0.2, -0.15) is 0 Å². The molecule has 0 aliphatic rings. The molecule has 1 nitrogen and oxygen atoms in total. The minimum Gasteiger partial charge on any atom is -0.309 e. The molecule has 0 aliphatic carbocycles. The zero-order valence-electron chi connectivity index (χ0n) is 12.3. The van der Waals surface area contributed by atoms with Crippen molar-refractivity contribution in [1.29, 1.82) is 0 Å². The summed E-state index contributed by atoms with van der Waals surface area (Å²) in [6.07, 6.45) is 1.08. The van der Waals surface area contributed by atoms with Crippen molar-refractivity contribution in [2.45, 2.75) is 33.2 Å². The number of rotatable bonds is 4. The van der Waals surface area contributed by atoms with Gasteiger partial charge in [0, 0.05) is 0 Å². The highest BCUT2D eigenvalue weighted by atomic mass is 14.9. The molecule has 0 fully saturated rings. The van der Waals surface area contributed by atoms with E-state index in [-0.39, 0.29) is 6.04 Å². The maximum Gasteiger partial charge on any atom is 0.0579 e. The van der Waals surface area contributed by atoms with Crippen LogP contribution < -0.4 is 5.32 Å². The molecule has 100 valence electrons. The smallest absolute Gasteiger partial charge is 0.0579 e. The topological polar surface area (TPSA) is 12.0 Å². The van der Waals surface area contributed by atoms with Gasteiger partial charge in [0.15, 0.2) is 0 Å². The van der Waals surface area contributed by atoms with Crippen LogP contribution in [-0.4, -0.2) is 7.05 Å². The monoisotopic (exact) mass is 253 g/mol. The molecule has 1 atom stereocenters. The summed E-state index contributed by atoms with van der Waals surface area (Å²) in [7, 11) is 2.04. The average Bonchev–Trinajstić information content (AvgIpc) is 2.43. The molecule has 2 aromatic carbocycles. The molecule has 0 saturated heterocycles. The molecule has 0 radical (unpaired) electrons. The fourth-order valence-corrected chi connectivity index (χ4v) is 2.75. The first kappa shape index (κ1) is 13.8. The lowest BCUT2D eigenvalue weighted by Crippen LogP contribution is -2.20. The predicted molar refractivity (Wildman–Crippen MR) is 82.6 cm³/mol. The number of nitrogens with one attached hydrogen (secondary N) is 1. The lowest BCUT2D eigenvalue weighted by molar-refractivity contribution is 0.682. The van der Waals surface area contributed by atoms with Crippen molar-refractivity contribution in [2.75, 3.05) is 7.05 Å². The molecule has 0 saturated carbocycles. The van der Waals surface area contributed by atoms with E-state index < -0.39 is 0 Å². The van der Waals surface area contributed by atoms with Crippen LogP contribution in [-0.2, 0) is 6.42 Å². The van der Waals surface area contributed by atoms with E-state index in [4.69, 9.17) is 0 Å². The predicted octanol–water partition coefficient (Wildman–Crippen LogP) is 4.17. The maximum absolute atomic E-state index is 3.47. The Morgan fingerprint density at radius 1 is 1.00 bits per heavy atom. The van der Waals surface area contributed by atoms with Crippen molar-refractivity contribution >= 4 is 0 Å². The average molecular weight is 253 g/mol. The van der Waals surface area contributed by atoms with Gasteiger partial charge >= 0.3 is 0 Å². The molecule has 1 unspecified atom stereocenters. The number of hydrogen-bond acceptors (Lipinski definition) is 1. The first-order chi connectivity index (χ1) is 9.17. The van der Waals surface area contributed by atoms with Crippen LogP contribution in [0.25, 0.3) is 0 Å².